The lowest BCUT2D eigenvalue weighted by Crippen LogP contribution is -2.43. The van der Waals surface area contributed by atoms with Gasteiger partial charge in [-0.25, -0.2) is 8.42 Å². The summed E-state index contributed by atoms with van der Waals surface area (Å²) >= 11 is 0. The van der Waals surface area contributed by atoms with E-state index in [2.05, 4.69) is 15.6 Å². The van der Waals surface area contributed by atoms with E-state index < -0.39 is 9.84 Å². The number of rotatable bonds is 10. The lowest BCUT2D eigenvalue weighted by molar-refractivity contribution is 0.399. The zero-order chi connectivity index (χ0) is 19.6. The predicted molar refractivity (Wildman–Crippen MR) is 122 cm³/mol. The van der Waals surface area contributed by atoms with Crippen LogP contribution in [0.25, 0.3) is 0 Å². The second kappa shape index (κ2) is 13.0. The molecule has 9 heteroatoms. The molecule has 0 saturated heterocycles. The molecular weight excluding hydrogens is 481 g/mol. The maximum absolute atomic E-state index is 11.3. The number of hydrogen-bond donors (Lipinski definition) is 2. The van der Waals surface area contributed by atoms with E-state index in [1.807, 2.05) is 32.0 Å². The summed E-state index contributed by atoms with van der Waals surface area (Å²) in [5.41, 5.74) is 1.02. The predicted octanol–water partition coefficient (Wildman–Crippen LogP) is 2.24. The number of benzene rings is 1. The van der Waals surface area contributed by atoms with Gasteiger partial charge in [-0.2, -0.15) is 0 Å². The van der Waals surface area contributed by atoms with Gasteiger partial charge in [0.15, 0.2) is 5.96 Å². The Morgan fingerprint density at radius 1 is 1.26 bits per heavy atom. The van der Waals surface area contributed by atoms with Crippen LogP contribution in [-0.4, -0.2) is 59.7 Å². The highest BCUT2D eigenvalue weighted by molar-refractivity contribution is 14.0. The normalized spacial score (nSPS) is 12.7. The van der Waals surface area contributed by atoms with Crippen LogP contribution in [0.2, 0.25) is 0 Å². The number of ether oxygens (including phenoxy) is 2. The van der Waals surface area contributed by atoms with E-state index in [0.29, 0.717) is 25.3 Å². The quantitative estimate of drug-likeness (QED) is 0.284. The molecule has 0 radical (unpaired) electrons. The van der Waals surface area contributed by atoms with E-state index in [-0.39, 0.29) is 35.8 Å². The molecule has 7 nitrogen and oxygen atoms in total. The van der Waals surface area contributed by atoms with Crippen molar-refractivity contribution < 1.29 is 17.9 Å². The number of halogens is 1. The molecule has 1 aromatic carbocycles. The third-order valence-corrected chi connectivity index (χ3v) is 4.76. The monoisotopic (exact) mass is 513 g/mol. The minimum absolute atomic E-state index is 0. The van der Waals surface area contributed by atoms with Crippen LogP contribution < -0.4 is 20.1 Å². The number of nitrogens with one attached hydrogen (secondary N) is 2. The van der Waals surface area contributed by atoms with Crippen molar-refractivity contribution >= 4 is 39.8 Å². The molecule has 0 aliphatic rings. The first kappa shape index (κ1) is 25.8. The number of hydrogen-bond acceptors (Lipinski definition) is 5. The molecule has 0 fully saturated rings. The van der Waals surface area contributed by atoms with Crippen molar-refractivity contribution in [3.63, 3.8) is 0 Å². The van der Waals surface area contributed by atoms with Crippen LogP contribution in [0.4, 0.5) is 0 Å². The van der Waals surface area contributed by atoms with Gasteiger partial charge in [-0.1, -0.05) is 0 Å². The van der Waals surface area contributed by atoms with Crippen molar-refractivity contribution in [2.24, 2.45) is 4.99 Å². The van der Waals surface area contributed by atoms with E-state index in [4.69, 9.17) is 9.47 Å². The first-order valence-corrected chi connectivity index (χ1v) is 10.8. The SMILES string of the molecule is CCNC(=NCCc1cc(OC)ccc1OC)NC(C)CCS(C)(=O)=O.I. The second-order valence-electron chi connectivity index (χ2n) is 6.15. The van der Waals surface area contributed by atoms with E-state index in [1.165, 1.54) is 6.26 Å². The van der Waals surface area contributed by atoms with E-state index in [9.17, 15) is 8.42 Å². The molecule has 2 N–H and O–H groups in total. The first-order valence-electron chi connectivity index (χ1n) is 8.72. The number of guanidine groups is 1. The third kappa shape index (κ3) is 10.6. The molecule has 1 unspecified atom stereocenters. The summed E-state index contributed by atoms with van der Waals surface area (Å²) in [7, 11) is 0.316. The summed E-state index contributed by atoms with van der Waals surface area (Å²) in [6, 6.07) is 5.70. The molecule has 0 aliphatic carbocycles. The summed E-state index contributed by atoms with van der Waals surface area (Å²) in [4.78, 5) is 4.57. The average Bonchev–Trinajstić information content (AvgIpc) is 2.59. The number of sulfone groups is 1. The molecule has 1 atom stereocenters. The molecule has 0 amide bonds. The Morgan fingerprint density at radius 3 is 2.52 bits per heavy atom. The van der Waals surface area contributed by atoms with Crippen LogP contribution >= 0.6 is 24.0 Å². The Labute approximate surface area is 180 Å². The average molecular weight is 513 g/mol. The van der Waals surface area contributed by atoms with Crippen molar-refractivity contribution in [3.05, 3.63) is 23.8 Å². The van der Waals surface area contributed by atoms with Crippen molar-refractivity contribution in [2.45, 2.75) is 32.7 Å². The molecule has 0 heterocycles. The summed E-state index contributed by atoms with van der Waals surface area (Å²) in [5, 5.41) is 6.43. The first-order chi connectivity index (χ1) is 12.3. The van der Waals surface area contributed by atoms with E-state index >= 15 is 0 Å². The maximum Gasteiger partial charge on any atom is 0.191 e. The van der Waals surface area contributed by atoms with Gasteiger partial charge in [0.25, 0.3) is 0 Å². The van der Waals surface area contributed by atoms with Crippen LogP contribution in [0.3, 0.4) is 0 Å². The number of nitrogens with zero attached hydrogens (tertiary/aromatic N) is 1. The van der Waals surface area contributed by atoms with Gasteiger partial charge in [0, 0.05) is 25.4 Å². The highest BCUT2D eigenvalue weighted by Gasteiger charge is 2.10. The topological polar surface area (TPSA) is 89.0 Å². The largest absolute Gasteiger partial charge is 0.497 e. The maximum atomic E-state index is 11.3. The van der Waals surface area contributed by atoms with Crippen molar-refractivity contribution in [3.8, 4) is 11.5 Å². The summed E-state index contributed by atoms with van der Waals surface area (Å²) in [5.74, 6) is 2.42. The molecule has 0 aliphatic heterocycles. The lowest BCUT2D eigenvalue weighted by Gasteiger charge is -2.17. The summed E-state index contributed by atoms with van der Waals surface area (Å²) in [6.45, 7) is 5.23. The fourth-order valence-corrected chi connectivity index (χ4v) is 3.16. The fraction of sp³-hybridized carbons (Fsp3) is 0.611. The minimum Gasteiger partial charge on any atom is -0.497 e. The Balaban J connectivity index is 0.00000676. The van der Waals surface area contributed by atoms with Crippen molar-refractivity contribution in [2.75, 3.05) is 39.3 Å². The molecule has 1 rings (SSSR count). The smallest absolute Gasteiger partial charge is 0.191 e. The van der Waals surface area contributed by atoms with Gasteiger partial charge in [0.05, 0.1) is 20.0 Å². The van der Waals surface area contributed by atoms with Crippen LogP contribution in [-0.2, 0) is 16.3 Å². The molecule has 0 spiro atoms. The van der Waals surface area contributed by atoms with Gasteiger partial charge in [-0.05, 0) is 50.5 Å². The summed E-state index contributed by atoms with van der Waals surface area (Å²) in [6.07, 6.45) is 2.49. The van der Waals surface area contributed by atoms with Gasteiger partial charge in [-0.15, -0.1) is 24.0 Å². The Kier molecular flexibility index (Phi) is 12.4. The van der Waals surface area contributed by atoms with Crippen molar-refractivity contribution in [1.82, 2.24) is 10.6 Å². The second-order valence-corrected chi connectivity index (χ2v) is 8.41. The van der Waals surface area contributed by atoms with Crippen LogP contribution in [0, 0.1) is 0 Å². The van der Waals surface area contributed by atoms with Gasteiger partial charge in [0.2, 0.25) is 0 Å². The van der Waals surface area contributed by atoms with Crippen LogP contribution in [0.1, 0.15) is 25.8 Å². The molecule has 27 heavy (non-hydrogen) atoms. The lowest BCUT2D eigenvalue weighted by atomic mass is 10.1. The molecule has 156 valence electrons. The Morgan fingerprint density at radius 2 is 1.96 bits per heavy atom. The molecule has 0 saturated carbocycles. The van der Waals surface area contributed by atoms with E-state index in [1.54, 1.807) is 14.2 Å². The Hall–Kier alpha value is -1.23. The van der Waals surface area contributed by atoms with Gasteiger partial charge in [-0.3, -0.25) is 4.99 Å². The number of aliphatic imine (C=N–C) groups is 1. The van der Waals surface area contributed by atoms with Crippen LogP contribution in [0.15, 0.2) is 23.2 Å². The van der Waals surface area contributed by atoms with E-state index in [0.717, 1.165) is 23.6 Å². The highest BCUT2D eigenvalue weighted by atomic mass is 127. The molecular formula is C18H32IN3O4S. The van der Waals surface area contributed by atoms with Crippen LogP contribution in [0.5, 0.6) is 11.5 Å². The molecule has 0 bridgehead atoms. The zero-order valence-electron chi connectivity index (χ0n) is 16.7. The zero-order valence-corrected chi connectivity index (χ0v) is 19.9. The third-order valence-electron chi connectivity index (χ3n) is 3.79. The van der Waals surface area contributed by atoms with Gasteiger partial charge in [0.1, 0.15) is 21.3 Å². The fourth-order valence-electron chi connectivity index (χ4n) is 2.38. The van der Waals surface area contributed by atoms with Gasteiger partial charge >= 0.3 is 0 Å². The Bertz CT molecular complexity index is 696. The standard InChI is InChI=1S/C18H31N3O4S.HI/c1-6-19-18(21-14(2)10-12-26(5,22)23)20-11-9-15-13-16(24-3)7-8-17(15)25-4;/h7-8,13-14H,6,9-12H2,1-5H3,(H2,19,20,21);1H. The number of methoxy groups -OCH3 is 2. The minimum atomic E-state index is -2.96. The molecule has 0 aromatic heterocycles. The van der Waals surface area contributed by atoms with Crippen molar-refractivity contribution in [1.29, 1.82) is 0 Å². The molecule has 1 aromatic rings. The summed E-state index contributed by atoms with van der Waals surface area (Å²) < 4.78 is 33.2. The van der Waals surface area contributed by atoms with Gasteiger partial charge < -0.3 is 20.1 Å². The highest BCUT2D eigenvalue weighted by Crippen LogP contribution is 2.24.